The summed E-state index contributed by atoms with van der Waals surface area (Å²) in [5.74, 6) is -0.292. The summed E-state index contributed by atoms with van der Waals surface area (Å²) < 4.78 is 12.8. The van der Waals surface area contributed by atoms with Crippen molar-refractivity contribution in [2.45, 2.75) is 20.0 Å². The number of ether oxygens (including phenoxy) is 1. The molecule has 4 rings (SSSR count). The van der Waals surface area contributed by atoms with Crippen molar-refractivity contribution >= 4 is 35.5 Å². The summed E-state index contributed by atoms with van der Waals surface area (Å²) in [7, 11) is 0. The van der Waals surface area contributed by atoms with E-state index in [2.05, 4.69) is 5.32 Å². The molecule has 3 aromatic rings. The van der Waals surface area contributed by atoms with Gasteiger partial charge in [0.25, 0.3) is 11.8 Å². The van der Waals surface area contributed by atoms with Gasteiger partial charge >= 0.3 is 6.03 Å². The standard InChI is InChI=1S/C23H20ClN3O5/c1-15-12-17(6-7-20(15)24)32-11-9-26-8-2-4-16(26)13-19-21(28)25-23(30)27(22(19)29)14-18-5-3-10-31-18/h2-8,10,12-13H,9,11,14H2,1H3,(H,25,28,30)/b19-13+. The molecule has 0 bridgehead atoms. The second-order valence-corrected chi connectivity index (χ2v) is 7.58. The summed E-state index contributed by atoms with van der Waals surface area (Å²) >= 11 is 6.04. The number of nitrogens with zero attached hydrogens (tertiary/aromatic N) is 2. The highest BCUT2D eigenvalue weighted by molar-refractivity contribution is 6.31. The van der Waals surface area contributed by atoms with Crippen LogP contribution in [0.15, 0.2) is 64.9 Å². The number of halogens is 1. The van der Waals surface area contributed by atoms with Crippen LogP contribution in [-0.4, -0.2) is 33.9 Å². The van der Waals surface area contributed by atoms with Gasteiger partial charge in [-0.2, -0.15) is 0 Å². The number of barbiturate groups is 1. The molecule has 1 aliphatic rings. The van der Waals surface area contributed by atoms with E-state index in [4.69, 9.17) is 20.8 Å². The van der Waals surface area contributed by atoms with Crippen molar-refractivity contribution in [3.63, 3.8) is 0 Å². The van der Waals surface area contributed by atoms with Crippen LogP contribution in [0.3, 0.4) is 0 Å². The van der Waals surface area contributed by atoms with E-state index < -0.39 is 17.8 Å². The Balaban J connectivity index is 1.47. The first-order valence-electron chi connectivity index (χ1n) is 9.88. The van der Waals surface area contributed by atoms with Crippen LogP contribution in [0, 0.1) is 6.92 Å². The largest absolute Gasteiger partial charge is 0.492 e. The number of furan rings is 1. The van der Waals surface area contributed by atoms with E-state index in [0.29, 0.717) is 35.4 Å². The zero-order chi connectivity index (χ0) is 22.7. The molecule has 1 saturated heterocycles. The monoisotopic (exact) mass is 453 g/mol. The molecule has 2 aromatic heterocycles. The minimum absolute atomic E-state index is 0.0718. The Morgan fingerprint density at radius 1 is 1.16 bits per heavy atom. The number of nitrogens with one attached hydrogen (secondary N) is 1. The lowest BCUT2D eigenvalue weighted by molar-refractivity contribution is -0.130. The van der Waals surface area contributed by atoms with Crippen LogP contribution in [0.2, 0.25) is 5.02 Å². The minimum atomic E-state index is -0.782. The van der Waals surface area contributed by atoms with Crippen molar-refractivity contribution < 1.29 is 23.5 Å². The maximum Gasteiger partial charge on any atom is 0.331 e. The van der Waals surface area contributed by atoms with Crippen LogP contribution in [0.1, 0.15) is 17.0 Å². The molecule has 8 nitrogen and oxygen atoms in total. The number of carbonyl (C=O) groups is 3. The lowest BCUT2D eigenvalue weighted by atomic mass is 10.1. The maximum absolute atomic E-state index is 12.9. The highest BCUT2D eigenvalue weighted by Gasteiger charge is 2.36. The first-order chi connectivity index (χ1) is 15.4. The number of hydrogen-bond acceptors (Lipinski definition) is 5. The molecular formula is C23H20ClN3O5. The Labute approximate surface area is 189 Å². The number of amides is 4. The number of rotatable bonds is 7. The van der Waals surface area contributed by atoms with Crippen molar-refractivity contribution in [2.24, 2.45) is 0 Å². The van der Waals surface area contributed by atoms with E-state index in [9.17, 15) is 14.4 Å². The molecule has 164 valence electrons. The Bertz CT molecular complexity index is 1200. The first kappa shape index (κ1) is 21.5. The van der Waals surface area contributed by atoms with Crippen LogP contribution in [0.5, 0.6) is 5.75 Å². The molecule has 9 heteroatoms. The summed E-state index contributed by atoms with van der Waals surface area (Å²) in [6.07, 6.45) is 4.73. The number of aryl methyl sites for hydroxylation is 1. The summed E-state index contributed by atoms with van der Waals surface area (Å²) in [5.41, 5.74) is 1.42. The molecule has 32 heavy (non-hydrogen) atoms. The third-order valence-electron chi connectivity index (χ3n) is 4.97. The van der Waals surface area contributed by atoms with Crippen molar-refractivity contribution in [3.8, 4) is 5.75 Å². The van der Waals surface area contributed by atoms with E-state index in [0.717, 1.165) is 10.5 Å². The molecule has 0 aliphatic carbocycles. The van der Waals surface area contributed by atoms with Crippen LogP contribution in [0.4, 0.5) is 4.79 Å². The second kappa shape index (κ2) is 9.15. The van der Waals surface area contributed by atoms with Crippen molar-refractivity contribution in [3.05, 3.63) is 82.5 Å². The predicted octanol–water partition coefficient (Wildman–Crippen LogP) is 3.78. The highest BCUT2D eigenvalue weighted by Crippen LogP contribution is 2.21. The van der Waals surface area contributed by atoms with Crippen LogP contribution in [0.25, 0.3) is 6.08 Å². The Hall–Kier alpha value is -3.78. The number of hydrogen-bond donors (Lipinski definition) is 1. The normalized spacial score (nSPS) is 15.4. The van der Waals surface area contributed by atoms with Gasteiger partial charge in [0.2, 0.25) is 0 Å². The predicted molar refractivity (Wildman–Crippen MR) is 117 cm³/mol. The van der Waals surface area contributed by atoms with Gasteiger partial charge in [-0.15, -0.1) is 0 Å². The first-order valence-corrected chi connectivity index (χ1v) is 10.3. The van der Waals surface area contributed by atoms with Crippen LogP contribution < -0.4 is 10.1 Å². The van der Waals surface area contributed by atoms with Gasteiger partial charge in [0.15, 0.2) is 0 Å². The lowest BCUT2D eigenvalue weighted by Gasteiger charge is -2.25. The van der Waals surface area contributed by atoms with Crippen molar-refractivity contribution in [2.75, 3.05) is 6.61 Å². The van der Waals surface area contributed by atoms with Gasteiger partial charge in [0, 0.05) is 16.9 Å². The molecule has 1 fully saturated rings. The molecule has 0 unspecified atom stereocenters. The van der Waals surface area contributed by atoms with E-state index >= 15 is 0 Å². The lowest BCUT2D eigenvalue weighted by Crippen LogP contribution is -2.53. The Morgan fingerprint density at radius 2 is 2.00 bits per heavy atom. The minimum Gasteiger partial charge on any atom is -0.492 e. The smallest absolute Gasteiger partial charge is 0.331 e. The molecule has 4 amide bonds. The zero-order valence-electron chi connectivity index (χ0n) is 17.2. The summed E-state index contributed by atoms with van der Waals surface area (Å²) in [6, 6.07) is 11.5. The average Bonchev–Trinajstić information content (AvgIpc) is 3.43. The van der Waals surface area contributed by atoms with E-state index in [1.165, 1.54) is 12.3 Å². The number of carbonyl (C=O) groups excluding carboxylic acids is 3. The van der Waals surface area contributed by atoms with Gasteiger partial charge in [-0.3, -0.25) is 19.8 Å². The summed E-state index contributed by atoms with van der Waals surface area (Å²) in [4.78, 5) is 38.3. The molecule has 1 aromatic carbocycles. The van der Waals surface area contributed by atoms with Crippen molar-refractivity contribution in [1.82, 2.24) is 14.8 Å². The van der Waals surface area contributed by atoms with Gasteiger partial charge in [0.05, 0.1) is 19.4 Å². The fourth-order valence-corrected chi connectivity index (χ4v) is 3.39. The molecule has 1 N–H and O–H groups in total. The fourth-order valence-electron chi connectivity index (χ4n) is 3.27. The van der Waals surface area contributed by atoms with Crippen molar-refractivity contribution in [1.29, 1.82) is 0 Å². The van der Waals surface area contributed by atoms with E-state index in [-0.39, 0.29) is 12.1 Å². The van der Waals surface area contributed by atoms with Gasteiger partial charge in [0.1, 0.15) is 23.7 Å². The van der Waals surface area contributed by atoms with Crippen LogP contribution >= 0.6 is 11.6 Å². The third kappa shape index (κ3) is 4.60. The second-order valence-electron chi connectivity index (χ2n) is 7.17. The quantitative estimate of drug-likeness (QED) is 0.434. The Kier molecular flexibility index (Phi) is 6.13. The van der Waals surface area contributed by atoms with E-state index in [1.807, 2.05) is 23.8 Å². The number of benzene rings is 1. The van der Waals surface area contributed by atoms with E-state index in [1.54, 1.807) is 36.4 Å². The summed E-state index contributed by atoms with van der Waals surface area (Å²) in [5, 5.41) is 2.87. The van der Waals surface area contributed by atoms with Crippen LogP contribution in [-0.2, 0) is 22.7 Å². The SMILES string of the molecule is Cc1cc(OCCn2cccc2/C=C2\C(=O)NC(=O)N(Cc3ccco3)C2=O)ccc1Cl. The van der Waals surface area contributed by atoms with Gasteiger partial charge in [-0.25, -0.2) is 4.79 Å². The molecule has 0 saturated carbocycles. The van der Waals surface area contributed by atoms with Gasteiger partial charge in [-0.05, 0) is 61.0 Å². The third-order valence-corrected chi connectivity index (χ3v) is 5.39. The summed E-state index contributed by atoms with van der Waals surface area (Å²) in [6.45, 7) is 2.68. The van der Waals surface area contributed by atoms with Gasteiger partial charge < -0.3 is 13.7 Å². The number of imide groups is 2. The Morgan fingerprint density at radius 3 is 2.75 bits per heavy atom. The fraction of sp³-hybridized carbons (Fsp3) is 0.174. The highest BCUT2D eigenvalue weighted by atomic mass is 35.5. The molecular weight excluding hydrogens is 434 g/mol. The molecule has 0 spiro atoms. The molecule has 0 atom stereocenters. The maximum atomic E-state index is 12.9. The zero-order valence-corrected chi connectivity index (χ0v) is 18.0. The number of aromatic nitrogens is 1. The number of urea groups is 1. The molecule has 0 radical (unpaired) electrons. The average molecular weight is 454 g/mol. The molecule has 3 heterocycles. The van der Waals surface area contributed by atoms with Gasteiger partial charge in [-0.1, -0.05) is 11.6 Å². The topological polar surface area (TPSA) is 93.8 Å². The molecule has 1 aliphatic heterocycles.